The van der Waals surface area contributed by atoms with Crippen molar-refractivity contribution in [2.45, 2.75) is 25.7 Å². The Hall–Kier alpha value is -1.36. The molecule has 2 aromatic rings. The number of carbonyl (C=O) groups excluding carboxylic acids is 2. The Kier molecular flexibility index (Phi) is 9.16. The van der Waals surface area contributed by atoms with Crippen LogP contribution < -0.4 is 10.9 Å². The molecule has 0 atom stereocenters. The van der Waals surface area contributed by atoms with Gasteiger partial charge in [0.05, 0.1) is 20.0 Å². The van der Waals surface area contributed by atoms with E-state index in [1.54, 1.807) is 12.4 Å². The van der Waals surface area contributed by atoms with Crippen molar-refractivity contribution in [3.05, 3.63) is 41.6 Å². The maximum absolute atomic E-state index is 11.7. The maximum Gasteiger partial charge on any atom is 0.240 e. The number of rotatable bonds is 9. The molecule has 0 spiro atoms. The molecule has 26 heavy (non-hydrogen) atoms. The molecule has 2 N–H and O–H groups in total. The highest BCUT2D eigenvalue weighted by Gasteiger charge is 2.03. The second-order valence-corrected chi connectivity index (χ2v) is 10.1. The highest BCUT2D eigenvalue weighted by atomic mass is 79.9. The molecular formula is C16H16Br2N4O2S2. The van der Waals surface area contributed by atoms with Crippen molar-refractivity contribution in [1.82, 2.24) is 10.9 Å². The van der Waals surface area contributed by atoms with Gasteiger partial charge in [-0.3, -0.25) is 9.59 Å². The highest BCUT2D eigenvalue weighted by Crippen LogP contribution is 2.20. The zero-order chi connectivity index (χ0) is 18.8. The van der Waals surface area contributed by atoms with E-state index >= 15 is 0 Å². The lowest BCUT2D eigenvalue weighted by Crippen LogP contribution is -2.18. The highest BCUT2D eigenvalue weighted by molar-refractivity contribution is 9.11. The van der Waals surface area contributed by atoms with Gasteiger partial charge in [0.15, 0.2) is 0 Å². The second-order valence-electron chi connectivity index (χ2n) is 5.08. The third-order valence-corrected chi connectivity index (χ3v) is 6.12. The number of unbranched alkanes of at least 4 members (excludes halogenated alkanes) is 1. The third-order valence-electron chi connectivity index (χ3n) is 3.01. The molecule has 0 aromatic carbocycles. The molecule has 0 fully saturated rings. The molecule has 0 radical (unpaired) electrons. The predicted molar refractivity (Wildman–Crippen MR) is 114 cm³/mol. The molecule has 0 saturated carbocycles. The SMILES string of the molecule is O=C(CCCCC(=O)N/N=C/c1ccc(Br)s1)N/N=C/c1ccc(Br)s1. The van der Waals surface area contributed by atoms with Crippen LogP contribution in [0.25, 0.3) is 0 Å². The molecule has 0 saturated heterocycles. The molecule has 0 aliphatic heterocycles. The summed E-state index contributed by atoms with van der Waals surface area (Å²) in [4.78, 5) is 25.2. The molecule has 2 aromatic heterocycles. The van der Waals surface area contributed by atoms with E-state index < -0.39 is 0 Å². The Bertz CT molecular complexity index is 736. The van der Waals surface area contributed by atoms with Crippen LogP contribution in [0.4, 0.5) is 0 Å². The first-order chi connectivity index (χ1) is 12.5. The normalized spacial score (nSPS) is 11.3. The van der Waals surface area contributed by atoms with Gasteiger partial charge in [-0.25, -0.2) is 10.9 Å². The fourth-order valence-corrected chi connectivity index (χ4v) is 4.41. The van der Waals surface area contributed by atoms with Crippen LogP contribution in [-0.2, 0) is 9.59 Å². The minimum Gasteiger partial charge on any atom is -0.273 e. The number of halogens is 2. The van der Waals surface area contributed by atoms with E-state index in [9.17, 15) is 9.59 Å². The van der Waals surface area contributed by atoms with Crippen LogP contribution in [0.15, 0.2) is 42.0 Å². The van der Waals surface area contributed by atoms with Crippen molar-refractivity contribution in [2.75, 3.05) is 0 Å². The van der Waals surface area contributed by atoms with Gasteiger partial charge in [-0.15, -0.1) is 22.7 Å². The summed E-state index contributed by atoms with van der Waals surface area (Å²) in [5, 5.41) is 7.81. The summed E-state index contributed by atoms with van der Waals surface area (Å²) < 4.78 is 2.02. The van der Waals surface area contributed by atoms with Crippen LogP contribution in [-0.4, -0.2) is 24.2 Å². The quantitative estimate of drug-likeness (QED) is 0.290. The van der Waals surface area contributed by atoms with E-state index in [0.29, 0.717) is 25.7 Å². The van der Waals surface area contributed by atoms with Crippen LogP contribution in [0, 0.1) is 0 Å². The lowest BCUT2D eigenvalue weighted by Gasteiger charge is -2.00. The summed E-state index contributed by atoms with van der Waals surface area (Å²) in [5.74, 6) is -0.336. The maximum atomic E-state index is 11.7. The smallest absolute Gasteiger partial charge is 0.240 e. The van der Waals surface area contributed by atoms with Crippen molar-refractivity contribution in [3.8, 4) is 0 Å². The van der Waals surface area contributed by atoms with Crippen LogP contribution in [0.2, 0.25) is 0 Å². The van der Waals surface area contributed by atoms with Crippen molar-refractivity contribution in [1.29, 1.82) is 0 Å². The van der Waals surface area contributed by atoms with Gasteiger partial charge in [0, 0.05) is 22.6 Å². The molecular weight excluding hydrogens is 504 g/mol. The van der Waals surface area contributed by atoms with Crippen LogP contribution >= 0.6 is 54.5 Å². The number of hydrogen-bond donors (Lipinski definition) is 2. The minimum atomic E-state index is -0.168. The zero-order valence-electron chi connectivity index (χ0n) is 13.6. The Labute approximate surface area is 176 Å². The number of nitrogens with one attached hydrogen (secondary N) is 2. The fraction of sp³-hybridized carbons (Fsp3) is 0.250. The van der Waals surface area contributed by atoms with Gasteiger partial charge in [-0.2, -0.15) is 10.2 Å². The molecule has 10 heteroatoms. The standard InChI is InChI=1S/C16H16Br2N4O2S2/c17-13-7-5-11(25-13)9-19-21-15(23)3-1-2-4-16(24)22-20-10-12-6-8-14(18)26-12/h5-10H,1-4H2,(H,21,23)(H,22,24)/b19-9+,20-10+. The molecule has 0 aliphatic carbocycles. The number of amides is 2. The van der Waals surface area contributed by atoms with Crippen molar-refractivity contribution < 1.29 is 9.59 Å². The molecule has 6 nitrogen and oxygen atoms in total. The van der Waals surface area contributed by atoms with Gasteiger partial charge in [-0.1, -0.05) is 0 Å². The lowest BCUT2D eigenvalue weighted by atomic mass is 10.2. The third kappa shape index (κ3) is 8.35. The van der Waals surface area contributed by atoms with E-state index in [0.717, 1.165) is 17.3 Å². The lowest BCUT2D eigenvalue weighted by molar-refractivity contribution is -0.123. The first-order valence-electron chi connectivity index (χ1n) is 7.67. The van der Waals surface area contributed by atoms with Gasteiger partial charge in [0.2, 0.25) is 11.8 Å². The zero-order valence-corrected chi connectivity index (χ0v) is 18.4. The summed E-state index contributed by atoms with van der Waals surface area (Å²) in [6, 6.07) is 7.65. The monoisotopic (exact) mass is 518 g/mol. The van der Waals surface area contributed by atoms with Crippen molar-refractivity contribution in [3.63, 3.8) is 0 Å². The molecule has 0 aliphatic rings. The van der Waals surface area contributed by atoms with Crippen LogP contribution in [0.5, 0.6) is 0 Å². The summed E-state index contributed by atoms with van der Waals surface area (Å²) in [7, 11) is 0. The van der Waals surface area contributed by atoms with Gasteiger partial charge >= 0.3 is 0 Å². The van der Waals surface area contributed by atoms with E-state index in [4.69, 9.17) is 0 Å². The summed E-state index contributed by atoms with van der Waals surface area (Å²) in [6.07, 6.45) is 5.08. The number of nitrogens with zero attached hydrogens (tertiary/aromatic N) is 2. The van der Waals surface area contributed by atoms with Gasteiger partial charge < -0.3 is 0 Å². The fourth-order valence-electron chi connectivity index (χ4n) is 1.81. The van der Waals surface area contributed by atoms with Crippen molar-refractivity contribution in [2.24, 2.45) is 10.2 Å². The molecule has 138 valence electrons. The Morgan fingerprint density at radius 3 is 1.62 bits per heavy atom. The number of carbonyl (C=O) groups is 2. The van der Waals surface area contributed by atoms with E-state index in [-0.39, 0.29) is 11.8 Å². The number of thiophene rings is 2. The molecule has 0 unspecified atom stereocenters. The van der Waals surface area contributed by atoms with Crippen LogP contribution in [0.3, 0.4) is 0 Å². The van der Waals surface area contributed by atoms with Gasteiger partial charge in [-0.05, 0) is 69.0 Å². The van der Waals surface area contributed by atoms with E-state index in [1.807, 2.05) is 24.3 Å². The first-order valence-corrected chi connectivity index (χ1v) is 10.9. The number of hydrogen-bond acceptors (Lipinski definition) is 6. The summed E-state index contributed by atoms with van der Waals surface area (Å²) in [5.41, 5.74) is 4.96. The van der Waals surface area contributed by atoms with Gasteiger partial charge in [0.25, 0.3) is 0 Å². The van der Waals surface area contributed by atoms with E-state index in [1.165, 1.54) is 22.7 Å². The predicted octanol–water partition coefficient (Wildman–Crippen LogP) is 4.50. The average molecular weight is 520 g/mol. The van der Waals surface area contributed by atoms with Crippen molar-refractivity contribution >= 4 is 78.8 Å². The second kappa shape index (κ2) is 11.4. The molecule has 2 rings (SSSR count). The Morgan fingerprint density at radius 2 is 1.27 bits per heavy atom. The Balaban J connectivity index is 1.54. The van der Waals surface area contributed by atoms with Crippen LogP contribution in [0.1, 0.15) is 35.4 Å². The largest absolute Gasteiger partial charge is 0.273 e. The topological polar surface area (TPSA) is 82.9 Å². The molecule has 2 amide bonds. The van der Waals surface area contributed by atoms with E-state index in [2.05, 4.69) is 52.9 Å². The summed E-state index contributed by atoms with van der Waals surface area (Å²) in [6.45, 7) is 0. The first kappa shape index (κ1) is 20.9. The minimum absolute atomic E-state index is 0.168. The van der Waals surface area contributed by atoms with Gasteiger partial charge in [0.1, 0.15) is 0 Å². The average Bonchev–Trinajstić information content (AvgIpc) is 3.20. The molecule has 0 bridgehead atoms. The Morgan fingerprint density at radius 1 is 0.846 bits per heavy atom. The summed E-state index contributed by atoms with van der Waals surface area (Å²) >= 11 is 9.78. The molecule has 2 heterocycles. The number of hydrazone groups is 2.